The molecular weight excluding hydrogens is 238 g/mol. The molecule has 106 valence electrons. The number of anilines is 1. The Morgan fingerprint density at radius 1 is 1.53 bits per heavy atom. The van der Waals surface area contributed by atoms with E-state index >= 15 is 0 Å². The lowest BCUT2D eigenvalue weighted by atomic mass is 10.1. The van der Waals surface area contributed by atoms with E-state index in [1.54, 1.807) is 0 Å². The van der Waals surface area contributed by atoms with Crippen LogP contribution in [0.3, 0.4) is 0 Å². The van der Waals surface area contributed by atoms with E-state index in [9.17, 15) is 0 Å². The first-order valence-electron chi connectivity index (χ1n) is 7.21. The maximum atomic E-state index is 5.76. The lowest BCUT2D eigenvalue weighted by molar-refractivity contribution is 0.115. The molecule has 0 aromatic carbocycles. The number of likely N-dealkylation sites (N-methyl/N-ethyl adjacent to an activating group) is 1. The molecule has 1 unspecified atom stereocenters. The van der Waals surface area contributed by atoms with Crippen LogP contribution in [0.4, 0.5) is 5.69 Å². The van der Waals surface area contributed by atoms with Crippen LogP contribution in [0.2, 0.25) is 0 Å². The van der Waals surface area contributed by atoms with Gasteiger partial charge in [0.2, 0.25) is 0 Å². The fraction of sp³-hybridized carbons (Fsp3) is 0.667. The first kappa shape index (κ1) is 14.3. The van der Waals surface area contributed by atoms with Crippen molar-refractivity contribution < 1.29 is 4.74 Å². The summed E-state index contributed by atoms with van der Waals surface area (Å²) in [5.74, 6) is 0. The van der Waals surface area contributed by atoms with Crippen molar-refractivity contribution in [3.8, 4) is 0 Å². The van der Waals surface area contributed by atoms with Gasteiger partial charge in [-0.25, -0.2) is 0 Å². The molecule has 2 heterocycles. The molecule has 1 N–H and O–H groups in total. The first-order valence-corrected chi connectivity index (χ1v) is 7.21. The number of ether oxygens (including phenoxy) is 1. The number of pyridine rings is 1. The summed E-state index contributed by atoms with van der Waals surface area (Å²) >= 11 is 0. The third kappa shape index (κ3) is 3.67. The molecule has 1 aliphatic rings. The van der Waals surface area contributed by atoms with Crippen LogP contribution in [-0.2, 0) is 11.3 Å². The molecule has 0 spiro atoms. The lowest BCUT2D eigenvalue weighted by Crippen LogP contribution is -2.33. The van der Waals surface area contributed by atoms with Gasteiger partial charge in [0.05, 0.1) is 6.10 Å². The second-order valence-corrected chi connectivity index (χ2v) is 5.16. The zero-order valence-electron chi connectivity index (χ0n) is 12.3. The van der Waals surface area contributed by atoms with Crippen LogP contribution < -0.4 is 10.2 Å². The van der Waals surface area contributed by atoms with Crippen LogP contribution >= 0.6 is 0 Å². The van der Waals surface area contributed by atoms with Gasteiger partial charge in [0, 0.05) is 49.4 Å². The molecular formula is C15H25N3O. The van der Waals surface area contributed by atoms with Gasteiger partial charge in [0.25, 0.3) is 0 Å². The van der Waals surface area contributed by atoms with Crippen molar-refractivity contribution in [2.75, 3.05) is 31.6 Å². The highest BCUT2D eigenvalue weighted by molar-refractivity contribution is 5.53. The summed E-state index contributed by atoms with van der Waals surface area (Å²) in [6.45, 7) is 8.00. The number of nitrogens with zero attached hydrogens (tertiary/aromatic N) is 2. The highest BCUT2D eigenvalue weighted by atomic mass is 16.5. The molecule has 19 heavy (non-hydrogen) atoms. The minimum absolute atomic E-state index is 0.385. The van der Waals surface area contributed by atoms with E-state index < -0.39 is 0 Å². The SMILES string of the molecule is CCN(CC1CCCO1)c1cc(C)ncc1CNC. The fourth-order valence-corrected chi connectivity index (χ4v) is 2.63. The van der Waals surface area contributed by atoms with Crippen LogP contribution in [0, 0.1) is 6.92 Å². The Labute approximate surface area is 116 Å². The molecule has 0 aliphatic carbocycles. The third-order valence-electron chi connectivity index (χ3n) is 3.64. The first-order chi connectivity index (χ1) is 9.24. The van der Waals surface area contributed by atoms with Crippen molar-refractivity contribution >= 4 is 5.69 Å². The summed E-state index contributed by atoms with van der Waals surface area (Å²) in [7, 11) is 1.97. The average molecular weight is 263 g/mol. The maximum Gasteiger partial charge on any atom is 0.0750 e. The van der Waals surface area contributed by atoms with Crippen molar-refractivity contribution in [1.82, 2.24) is 10.3 Å². The maximum absolute atomic E-state index is 5.76. The van der Waals surface area contributed by atoms with E-state index in [0.29, 0.717) is 6.10 Å². The van der Waals surface area contributed by atoms with E-state index in [0.717, 1.165) is 31.9 Å². The number of rotatable bonds is 6. The number of aryl methyl sites for hydroxylation is 1. The molecule has 1 fully saturated rings. The van der Waals surface area contributed by atoms with Crippen molar-refractivity contribution in [3.63, 3.8) is 0 Å². The monoisotopic (exact) mass is 263 g/mol. The molecule has 1 aliphatic heterocycles. The minimum Gasteiger partial charge on any atom is -0.376 e. The molecule has 0 radical (unpaired) electrons. The van der Waals surface area contributed by atoms with Gasteiger partial charge in [0.15, 0.2) is 0 Å². The number of nitrogens with one attached hydrogen (secondary N) is 1. The van der Waals surface area contributed by atoms with Gasteiger partial charge in [-0.2, -0.15) is 0 Å². The van der Waals surface area contributed by atoms with Gasteiger partial charge in [-0.1, -0.05) is 0 Å². The topological polar surface area (TPSA) is 37.4 Å². The Kier molecular flexibility index (Phi) is 5.16. The molecule has 4 heteroatoms. The number of aromatic nitrogens is 1. The van der Waals surface area contributed by atoms with E-state index in [4.69, 9.17) is 4.74 Å². The van der Waals surface area contributed by atoms with Crippen molar-refractivity contribution in [2.45, 2.75) is 39.3 Å². The van der Waals surface area contributed by atoms with Gasteiger partial charge in [-0.3, -0.25) is 4.98 Å². The number of hydrogen-bond donors (Lipinski definition) is 1. The summed E-state index contributed by atoms with van der Waals surface area (Å²) in [4.78, 5) is 6.82. The van der Waals surface area contributed by atoms with Gasteiger partial charge in [-0.15, -0.1) is 0 Å². The smallest absolute Gasteiger partial charge is 0.0750 e. The zero-order chi connectivity index (χ0) is 13.7. The normalized spacial score (nSPS) is 18.8. The summed E-state index contributed by atoms with van der Waals surface area (Å²) < 4.78 is 5.76. The molecule has 1 aromatic rings. The highest BCUT2D eigenvalue weighted by Gasteiger charge is 2.20. The van der Waals surface area contributed by atoms with Crippen molar-refractivity contribution in [3.05, 3.63) is 23.5 Å². The Hall–Kier alpha value is -1.13. The minimum atomic E-state index is 0.385. The summed E-state index contributed by atoms with van der Waals surface area (Å²) in [6.07, 6.45) is 4.75. The Morgan fingerprint density at radius 2 is 2.37 bits per heavy atom. The molecule has 4 nitrogen and oxygen atoms in total. The van der Waals surface area contributed by atoms with Crippen molar-refractivity contribution in [1.29, 1.82) is 0 Å². The van der Waals surface area contributed by atoms with Crippen molar-refractivity contribution in [2.24, 2.45) is 0 Å². The summed E-state index contributed by atoms with van der Waals surface area (Å²) in [5, 5.41) is 3.22. The summed E-state index contributed by atoms with van der Waals surface area (Å²) in [5.41, 5.74) is 3.62. The van der Waals surface area contributed by atoms with Gasteiger partial charge < -0.3 is 15.0 Å². The molecule has 1 aromatic heterocycles. The predicted molar refractivity (Wildman–Crippen MR) is 78.6 cm³/mol. The van der Waals surface area contributed by atoms with Crippen LogP contribution in [0.1, 0.15) is 31.0 Å². The second-order valence-electron chi connectivity index (χ2n) is 5.16. The molecule has 0 saturated carbocycles. The van der Waals surface area contributed by atoms with E-state index in [1.165, 1.54) is 24.1 Å². The molecule has 1 atom stereocenters. The Bertz CT molecular complexity index is 402. The van der Waals surface area contributed by atoms with Gasteiger partial charge in [-0.05, 0) is 39.8 Å². The van der Waals surface area contributed by atoms with E-state index in [1.807, 2.05) is 20.2 Å². The molecule has 2 rings (SSSR count). The zero-order valence-corrected chi connectivity index (χ0v) is 12.3. The second kappa shape index (κ2) is 6.87. The highest BCUT2D eigenvalue weighted by Crippen LogP contribution is 2.23. The fourth-order valence-electron chi connectivity index (χ4n) is 2.63. The standard InChI is InChI=1S/C15H25N3O/c1-4-18(11-14-6-5-7-19-14)15-8-12(2)17-10-13(15)9-16-3/h8,10,14,16H,4-7,9,11H2,1-3H3. The molecule has 1 saturated heterocycles. The predicted octanol–water partition coefficient (Wildman–Crippen LogP) is 2.11. The van der Waals surface area contributed by atoms with Crippen LogP contribution in [-0.4, -0.2) is 37.8 Å². The molecule has 0 amide bonds. The lowest BCUT2D eigenvalue weighted by Gasteiger charge is -2.28. The Balaban J connectivity index is 2.17. The van der Waals surface area contributed by atoms with Crippen LogP contribution in [0.25, 0.3) is 0 Å². The quantitative estimate of drug-likeness (QED) is 0.853. The summed E-state index contributed by atoms with van der Waals surface area (Å²) in [6, 6.07) is 2.19. The van der Waals surface area contributed by atoms with E-state index in [2.05, 4.69) is 28.2 Å². The van der Waals surface area contributed by atoms with Crippen LogP contribution in [0.15, 0.2) is 12.3 Å². The third-order valence-corrected chi connectivity index (χ3v) is 3.64. The van der Waals surface area contributed by atoms with Gasteiger partial charge >= 0.3 is 0 Å². The van der Waals surface area contributed by atoms with E-state index in [-0.39, 0.29) is 0 Å². The van der Waals surface area contributed by atoms with Gasteiger partial charge in [0.1, 0.15) is 0 Å². The number of hydrogen-bond acceptors (Lipinski definition) is 4. The largest absolute Gasteiger partial charge is 0.376 e. The van der Waals surface area contributed by atoms with Crippen LogP contribution in [0.5, 0.6) is 0 Å². The molecule has 0 bridgehead atoms. The average Bonchev–Trinajstić information content (AvgIpc) is 2.91. The Morgan fingerprint density at radius 3 is 3.00 bits per heavy atom.